The van der Waals surface area contributed by atoms with Crippen molar-refractivity contribution >= 4 is 44.8 Å². The lowest BCUT2D eigenvalue weighted by molar-refractivity contribution is -0.118. The monoisotopic (exact) mass is 442 g/mol. The third kappa shape index (κ3) is 5.17. The van der Waals surface area contributed by atoms with E-state index in [1.54, 1.807) is 24.3 Å². The second-order valence-electron chi connectivity index (χ2n) is 6.40. The first kappa shape index (κ1) is 20.9. The summed E-state index contributed by atoms with van der Waals surface area (Å²) in [6.07, 6.45) is 2.75. The lowest BCUT2D eigenvalue weighted by Crippen LogP contribution is -2.35. The third-order valence-electron chi connectivity index (χ3n) is 4.32. The molecule has 2 aromatic rings. The minimum atomic E-state index is -3.58. The van der Waals surface area contributed by atoms with Gasteiger partial charge in [-0.1, -0.05) is 35.7 Å². The summed E-state index contributed by atoms with van der Waals surface area (Å²) in [4.78, 5) is 12.1. The summed E-state index contributed by atoms with van der Waals surface area (Å²) in [5.41, 5.74) is 0.551. The van der Waals surface area contributed by atoms with Gasteiger partial charge in [-0.05, 0) is 49.2 Å². The van der Waals surface area contributed by atoms with Gasteiger partial charge in [-0.3, -0.25) is 4.79 Å². The molecule has 3 rings (SSSR count). The van der Waals surface area contributed by atoms with Gasteiger partial charge in [0.25, 0.3) is 5.91 Å². The number of benzene rings is 2. The van der Waals surface area contributed by atoms with Crippen LogP contribution in [0.2, 0.25) is 10.0 Å². The molecule has 2 aromatic carbocycles. The molecule has 1 aliphatic heterocycles. The number of nitrogens with one attached hydrogen (secondary N) is 1. The Labute approximate surface area is 174 Å². The van der Waals surface area contributed by atoms with E-state index in [9.17, 15) is 13.2 Å². The van der Waals surface area contributed by atoms with Gasteiger partial charge in [-0.15, -0.1) is 0 Å². The number of carbonyl (C=O) groups is 1. The van der Waals surface area contributed by atoms with Crippen LogP contribution < -0.4 is 10.1 Å². The molecule has 1 saturated heterocycles. The average molecular weight is 443 g/mol. The van der Waals surface area contributed by atoms with Crippen molar-refractivity contribution in [2.75, 3.05) is 25.0 Å². The Bertz CT molecular complexity index is 960. The maximum absolute atomic E-state index is 12.7. The fourth-order valence-corrected chi connectivity index (χ4v) is 4.95. The molecule has 0 atom stereocenters. The quantitative estimate of drug-likeness (QED) is 0.727. The van der Waals surface area contributed by atoms with Crippen molar-refractivity contribution in [2.45, 2.75) is 24.2 Å². The first-order valence-corrected chi connectivity index (χ1v) is 11.0. The van der Waals surface area contributed by atoms with Crippen LogP contribution in [0.3, 0.4) is 0 Å². The zero-order valence-corrected chi connectivity index (χ0v) is 17.4. The molecule has 1 fully saturated rings. The van der Waals surface area contributed by atoms with Crippen molar-refractivity contribution in [3.63, 3.8) is 0 Å². The van der Waals surface area contributed by atoms with E-state index in [2.05, 4.69) is 5.32 Å². The zero-order chi connectivity index (χ0) is 20.1. The highest BCUT2D eigenvalue weighted by Gasteiger charge is 2.26. The number of sulfonamides is 1. The number of nitrogens with zero attached hydrogens (tertiary/aromatic N) is 1. The highest BCUT2D eigenvalue weighted by Crippen LogP contribution is 2.29. The van der Waals surface area contributed by atoms with E-state index in [0.717, 1.165) is 19.3 Å². The van der Waals surface area contributed by atoms with Gasteiger partial charge < -0.3 is 10.1 Å². The average Bonchev–Trinajstić information content (AvgIpc) is 2.67. The molecule has 150 valence electrons. The molecule has 1 amide bonds. The summed E-state index contributed by atoms with van der Waals surface area (Å²) in [6, 6.07) is 11.0. The summed E-state index contributed by atoms with van der Waals surface area (Å²) < 4.78 is 32.3. The van der Waals surface area contributed by atoms with Crippen LogP contribution in [0.4, 0.5) is 5.69 Å². The van der Waals surface area contributed by atoms with Crippen molar-refractivity contribution in [2.24, 2.45) is 0 Å². The van der Waals surface area contributed by atoms with E-state index in [0.29, 0.717) is 23.8 Å². The number of halogens is 2. The highest BCUT2D eigenvalue weighted by molar-refractivity contribution is 7.89. The molecular formula is C19H20Cl2N2O4S. The molecular weight excluding hydrogens is 423 g/mol. The molecule has 0 radical (unpaired) electrons. The molecule has 6 nitrogen and oxygen atoms in total. The van der Waals surface area contributed by atoms with Crippen LogP contribution in [0.5, 0.6) is 5.75 Å². The maximum Gasteiger partial charge on any atom is 0.262 e. The normalized spacial score (nSPS) is 15.2. The van der Waals surface area contributed by atoms with Gasteiger partial charge in [0.15, 0.2) is 6.61 Å². The van der Waals surface area contributed by atoms with E-state index in [-0.39, 0.29) is 28.2 Å². The summed E-state index contributed by atoms with van der Waals surface area (Å²) in [5, 5.41) is 3.30. The first-order chi connectivity index (χ1) is 13.4. The van der Waals surface area contributed by atoms with Crippen LogP contribution >= 0.6 is 23.2 Å². The van der Waals surface area contributed by atoms with Crippen molar-refractivity contribution in [3.05, 3.63) is 52.5 Å². The Morgan fingerprint density at radius 2 is 1.82 bits per heavy atom. The molecule has 1 aliphatic rings. The second-order valence-corrected chi connectivity index (χ2v) is 9.19. The van der Waals surface area contributed by atoms with Crippen molar-refractivity contribution < 1.29 is 17.9 Å². The largest absolute Gasteiger partial charge is 0.482 e. The Morgan fingerprint density at radius 3 is 2.50 bits per heavy atom. The number of rotatable bonds is 6. The van der Waals surface area contributed by atoms with E-state index < -0.39 is 10.0 Å². The van der Waals surface area contributed by atoms with Crippen LogP contribution in [0.1, 0.15) is 19.3 Å². The third-order valence-corrected chi connectivity index (χ3v) is 6.75. The van der Waals surface area contributed by atoms with Crippen LogP contribution in [0, 0.1) is 0 Å². The molecule has 1 heterocycles. The summed E-state index contributed by atoms with van der Waals surface area (Å²) >= 11 is 12.1. The highest BCUT2D eigenvalue weighted by atomic mass is 35.5. The maximum atomic E-state index is 12.7. The molecule has 0 spiro atoms. The van der Waals surface area contributed by atoms with Gasteiger partial charge in [0, 0.05) is 23.8 Å². The van der Waals surface area contributed by atoms with Gasteiger partial charge in [0.2, 0.25) is 10.0 Å². The molecule has 28 heavy (non-hydrogen) atoms. The van der Waals surface area contributed by atoms with E-state index >= 15 is 0 Å². The van der Waals surface area contributed by atoms with Crippen molar-refractivity contribution in [3.8, 4) is 5.75 Å². The predicted octanol–water partition coefficient (Wildman–Crippen LogP) is 4.19. The minimum absolute atomic E-state index is 0.120. The van der Waals surface area contributed by atoms with Gasteiger partial charge in [-0.25, -0.2) is 8.42 Å². The van der Waals surface area contributed by atoms with Crippen LogP contribution in [-0.4, -0.2) is 38.3 Å². The lowest BCUT2D eigenvalue weighted by atomic mass is 10.2. The SMILES string of the molecule is O=C(COc1ccc(S(=O)(=O)N2CCCCC2)cc1Cl)Nc1cccc(Cl)c1. The summed E-state index contributed by atoms with van der Waals surface area (Å²) in [7, 11) is -3.58. The number of ether oxygens (including phenoxy) is 1. The first-order valence-electron chi connectivity index (χ1n) is 8.84. The molecule has 1 N–H and O–H groups in total. The fourth-order valence-electron chi connectivity index (χ4n) is 2.92. The van der Waals surface area contributed by atoms with Crippen LogP contribution in [0.15, 0.2) is 47.4 Å². The fraction of sp³-hybridized carbons (Fsp3) is 0.316. The number of carbonyl (C=O) groups excluding carboxylic acids is 1. The Balaban J connectivity index is 1.63. The van der Waals surface area contributed by atoms with Crippen LogP contribution in [0.25, 0.3) is 0 Å². The number of amides is 1. The molecule has 0 saturated carbocycles. The molecule has 9 heteroatoms. The topological polar surface area (TPSA) is 75.7 Å². The van der Waals surface area contributed by atoms with E-state index in [1.807, 2.05) is 0 Å². The summed E-state index contributed by atoms with van der Waals surface area (Å²) in [5.74, 6) is -0.149. The number of anilines is 1. The Hall–Kier alpha value is -1.80. The second kappa shape index (κ2) is 9.13. The van der Waals surface area contributed by atoms with Gasteiger partial charge >= 0.3 is 0 Å². The molecule has 0 aromatic heterocycles. The molecule has 0 unspecified atom stereocenters. The number of piperidine rings is 1. The number of hydrogen-bond donors (Lipinski definition) is 1. The predicted molar refractivity (Wildman–Crippen MR) is 110 cm³/mol. The Morgan fingerprint density at radius 1 is 1.07 bits per heavy atom. The van der Waals surface area contributed by atoms with E-state index in [1.165, 1.54) is 22.5 Å². The van der Waals surface area contributed by atoms with Crippen LogP contribution in [-0.2, 0) is 14.8 Å². The number of hydrogen-bond acceptors (Lipinski definition) is 4. The summed E-state index contributed by atoms with van der Waals surface area (Å²) in [6.45, 7) is 0.758. The minimum Gasteiger partial charge on any atom is -0.482 e. The smallest absolute Gasteiger partial charge is 0.262 e. The molecule has 0 bridgehead atoms. The van der Waals surface area contributed by atoms with Crippen molar-refractivity contribution in [1.29, 1.82) is 0 Å². The van der Waals surface area contributed by atoms with Gasteiger partial charge in [0.05, 0.1) is 9.92 Å². The molecule has 0 aliphatic carbocycles. The van der Waals surface area contributed by atoms with Crippen molar-refractivity contribution in [1.82, 2.24) is 4.31 Å². The standard InChI is InChI=1S/C19H20Cl2N2O4S/c20-14-5-4-6-15(11-14)22-19(24)13-27-18-8-7-16(12-17(18)21)28(25,26)23-9-2-1-3-10-23/h4-8,11-12H,1-3,9-10,13H2,(H,22,24). The Kier molecular flexibility index (Phi) is 6.82. The van der Waals surface area contributed by atoms with E-state index in [4.69, 9.17) is 27.9 Å². The lowest BCUT2D eigenvalue weighted by Gasteiger charge is -2.26. The van der Waals surface area contributed by atoms with Gasteiger partial charge in [0.1, 0.15) is 5.75 Å². The van der Waals surface area contributed by atoms with Gasteiger partial charge in [-0.2, -0.15) is 4.31 Å². The zero-order valence-electron chi connectivity index (χ0n) is 15.0.